The fourth-order valence-corrected chi connectivity index (χ4v) is 2.03. The van der Waals surface area contributed by atoms with Crippen LogP contribution in [0.5, 0.6) is 0 Å². The first-order valence-corrected chi connectivity index (χ1v) is 5.02. The molecule has 4 heteroatoms. The van der Waals surface area contributed by atoms with Crippen LogP contribution in [0.25, 0.3) is 21.7 Å². The highest BCUT2D eigenvalue weighted by Crippen LogP contribution is 2.24. The Morgan fingerprint density at radius 3 is 2.62 bits per heavy atom. The van der Waals surface area contributed by atoms with Crippen LogP contribution in [0.3, 0.4) is 0 Å². The summed E-state index contributed by atoms with van der Waals surface area (Å²) in [6, 6.07) is 11.1. The number of fused-ring (bicyclic) bond motifs is 3. The molecule has 0 radical (unpaired) electrons. The van der Waals surface area contributed by atoms with Gasteiger partial charge in [0.1, 0.15) is 5.58 Å². The lowest BCUT2D eigenvalue weighted by Gasteiger charge is -2.05. The van der Waals surface area contributed by atoms with Gasteiger partial charge in [-0.2, -0.15) is 0 Å². The van der Waals surface area contributed by atoms with E-state index in [2.05, 4.69) is 0 Å². The third kappa shape index (κ3) is 1.24. The van der Waals surface area contributed by atoms with E-state index in [1.54, 1.807) is 18.4 Å². The van der Waals surface area contributed by atoms with Gasteiger partial charge in [0.25, 0.3) is 0 Å². The van der Waals surface area contributed by atoms with Gasteiger partial charge in [0.15, 0.2) is 0 Å². The largest absolute Gasteiger partial charge is 0.489 e. The topological polar surface area (TPSA) is 53.6 Å². The highest BCUT2D eigenvalue weighted by atomic mass is 16.4. The lowest BCUT2D eigenvalue weighted by molar-refractivity contribution is 0.426. The Balaban J connectivity index is 2.49. The van der Waals surface area contributed by atoms with E-state index in [0.29, 0.717) is 5.46 Å². The van der Waals surface area contributed by atoms with E-state index in [0.717, 1.165) is 21.7 Å². The third-order valence-corrected chi connectivity index (χ3v) is 2.79. The molecule has 0 spiro atoms. The zero-order valence-corrected chi connectivity index (χ0v) is 8.42. The molecule has 16 heavy (non-hydrogen) atoms. The maximum atomic E-state index is 9.27. The van der Waals surface area contributed by atoms with Gasteiger partial charge in [0, 0.05) is 10.8 Å². The maximum absolute atomic E-state index is 9.27. The van der Waals surface area contributed by atoms with Gasteiger partial charge >= 0.3 is 7.12 Å². The van der Waals surface area contributed by atoms with Crippen LogP contribution in [-0.4, -0.2) is 17.2 Å². The lowest BCUT2D eigenvalue weighted by Crippen LogP contribution is -2.30. The van der Waals surface area contributed by atoms with Gasteiger partial charge in [0.2, 0.25) is 0 Å². The van der Waals surface area contributed by atoms with Crippen LogP contribution in [0.15, 0.2) is 47.1 Å². The summed E-state index contributed by atoms with van der Waals surface area (Å²) in [6.45, 7) is 0. The van der Waals surface area contributed by atoms with Crippen LogP contribution in [-0.2, 0) is 0 Å². The molecule has 78 valence electrons. The average molecular weight is 212 g/mol. The monoisotopic (exact) mass is 212 g/mol. The van der Waals surface area contributed by atoms with Gasteiger partial charge in [-0.15, -0.1) is 0 Å². The van der Waals surface area contributed by atoms with Gasteiger partial charge in [-0.05, 0) is 16.9 Å². The van der Waals surface area contributed by atoms with Crippen molar-refractivity contribution in [2.75, 3.05) is 0 Å². The molecule has 2 aromatic carbocycles. The van der Waals surface area contributed by atoms with Gasteiger partial charge in [-0.1, -0.05) is 30.3 Å². The van der Waals surface area contributed by atoms with E-state index >= 15 is 0 Å². The van der Waals surface area contributed by atoms with E-state index in [1.165, 1.54) is 0 Å². The van der Waals surface area contributed by atoms with E-state index in [1.807, 2.05) is 24.3 Å². The fraction of sp³-hybridized carbons (Fsp3) is 0. The standard InChI is InChI=1S/C12H9BO3/c14-13(15)11-3-1-2-10-9(11)5-4-8-6-7-16-12(8)10/h1-7,14-15H. The molecule has 1 heterocycles. The number of rotatable bonds is 1. The van der Waals surface area contributed by atoms with Gasteiger partial charge < -0.3 is 14.5 Å². The van der Waals surface area contributed by atoms with Crippen molar-refractivity contribution in [3.8, 4) is 0 Å². The predicted molar refractivity (Wildman–Crippen MR) is 63.5 cm³/mol. The molecule has 1 aromatic heterocycles. The van der Waals surface area contributed by atoms with Crippen LogP contribution in [0, 0.1) is 0 Å². The molecule has 0 aliphatic rings. The van der Waals surface area contributed by atoms with Crippen molar-refractivity contribution in [3.05, 3.63) is 42.7 Å². The molecule has 0 saturated carbocycles. The molecule has 0 fully saturated rings. The van der Waals surface area contributed by atoms with Crippen molar-refractivity contribution in [3.63, 3.8) is 0 Å². The molecular weight excluding hydrogens is 203 g/mol. The highest BCUT2D eigenvalue weighted by molar-refractivity contribution is 6.62. The van der Waals surface area contributed by atoms with Gasteiger partial charge in [-0.25, -0.2) is 0 Å². The van der Waals surface area contributed by atoms with E-state index in [-0.39, 0.29) is 0 Å². The normalized spacial score (nSPS) is 11.1. The second kappa shape index (κ2) is 3.37. The first-order chi connectivity index (χ1) is 7.77. The summed E-state index contributed by atoms with van der Waals surface area (Å²) in [6.07, 6.45) is 1.63. The zero-order chi connectivity index (χ0) is 11.1. The molecule has 3 aromatic rings. The minimum Gasteiger partial charge on any atom is -0.464 e. The Hall–Kier alpha value is -1.78. The van der Waals surface area contributed by atoms with Crippen LogP contribution < -0.4 is 5.46 Å². The Morgan fingerprint density at radius 2 is 1.81 bits per heavy atom. The quantitative estimate of drug-likeness (QED) is 0.597. The number of furan rings is 1. The van der Waals surface area contributed by atoms with Crippen LogP contribution in [0.1, 0.15) is 0 Å². The third-order valence-electron chi connectivity index (χ3n) is 2.79. The van der Waals surface area contributed by atoms with E-state index in [9.17, 15) is 10.0 Å². The minimum absolute atomic E-state index is 0.496. The highest BCUT2D eigenvalue weighted by Gasteiger charge is 2.15. The fourth-order valence-electron chi connectivity index (χ4n) is 2.03. The molecular formula is C12H9BO3. The second-order valence-corrected chi connectivity index (χ2v) is 3.72. The molecule has 0 aliphatic carbocycles. The van der Waals surface area contributed by atoms with Crippen molar-refractivity contribution in [2.45, 2.75) is 0 Å². The number of benzene rings is 2. The molecule has 3 nitrogen and oxygen atoms in total. The summed E-state index contributed by atoms with van der Waals surface area (Å²) >= 11 is 0. The summed E-state index contributed by atoms with van der Waals surface area (Å²) in [5.74, 6) is 0. The lowest BCUT2D eigenvalue weighted by atomic mass is 9.77. The maximum Gasteiger partial charge on any atom is 0.489 e. The van der Waals surface area contributed by atoms with Crippen molar-refractivity contribution < 1.29 is 14.5 Å². The van der Waals surface area contributed by atoms with E-state index < -0.39 is 7.12 Å². The van der Waals surface area contributed by atoms with Crippen molar-refractivity contribution in [2.24, 2.45) is 0 Å². The number of hydrogen-bond donors (Lipinski definition) is 2. The first-order valence-electron chi connectivity index (χ1n) is 5.02. The summed E-state index contributed by atoms with van der Waals surface area (Å²) < 4.78 is 5.40. The minimum atomic E-state index is -1.46. The molecule has 0 bridgehead atoms. The molecule has 0 aliphatic heterocycles. The number of hydrogen-bond acceptors (Lipinski definition) is 3. The van der Waals surface area contributed by atoms with Crippen LogP contribution in [0.4, 0.5) is 0 Å². The molecule has 0 unspecified atom stereocenters. The van der Waals surface area contributed by atoms with Gasteiger partial charge in [-0.3, -0.25) is 0 Å². The summed E-state index contributed by atoms with van der Waals surface area (Å²) in [4.78, 5) is 0. The van der Waals surface area contributed by atoms with Crippen molar-refractivity contribution in [1.29, 1.82) is 0 Å². The van der Waals surface area contributed by atoms with Gasteiger partial charge in [0.05, 0.1) is 6.26 Å². The smallest absolute Gasteiger partial charge is 0.464 e. The summed E-state index contributed by atoms with van der Waals surface area (Å²) in [5, 5.41) is 21.3. The average Bonchev–Trinajstić information content (AvgIpc) is 2.76. The zero-order valence-electron chi connectivity index (χ0n) is 8.42. The molecule has 0 atom stereocenters. The Morgan fingerprint density at radius 1 is 0.938 bits per heavy atom. The van der Waals surface area contributed by atoms with Crippen LogP contribution >= 0.6 is 0 Å². The first kappa shape index (κ1) is 9.45. The summed E-state index contributed by atoms with van der Waals surface area (Å²) in [7, 11) is -1.46. The van der Waals surface area contributed by atoms with Crippen molar-refractivity contribution >= 4 is 34.3 Å². The molecule has 3 rings (SSSR count). The van der Waals surface area contributed by atoms with Crippen LogP contribution in [0.2, 0.25) is 0 Å². The van der Waals surface area contributed by atoms with Crippen molar-refractivity contribution in [1.82, 2.24) is 0 Å². The van der Waals surface area contributed by atoms with E-state index in [4.69, 9.17) is 4.42 Å². The summed E-state index contributed by atoms with van der Waals surface area (Å²) in [5.41, 5.74) is 1.27. The second-order valence-electron chi connectivity index (χ2n) is 3.72. The Labute approximate surface area is 92.1 Å². The predicted octanol–water partition coefficient (Wildman–Crippen LogP) is 1.27. The molecule has 2 N–H and O–H groups in total. The molecule has 0 saturated heterocycles. The molecule has 0 amide bonds. The Bertz CT molecular complexity index is 657. The Kier molecular flexibility index (Phi) is 1.99. The SMILES string of the molecule is OB(O)c1cccc2c1ccc1ccoc12.